The maximum atomic E-state index is 12.0. The van der Waals surface area contributed by atoms with Crippen molar-refractivity contribution in [2.45, 2.75) is 51.5 Å². The lowest BCUT2D eigenvalue weighted by Gasteiger charge is -2.36. The van der Waals surface area contributed by atoms with Crippen LogP contribution in [0, 0.1) is 5.41 Å². The number of ether oxygens (including phenoxy) is 1. The van der Waals surface area contributed by atoms with Crippen molar-refractivity contribution in [2.75, 3.05) is 26.4 Å². The van der Waals surface area contributed by atoms with Crippen LogP contribution in [0.15, 0.2) is 0 Å². The molecule has 5 nitrogen and oxygen atoms in total. The van der Waals surface area contributed by atoms with Crippen LogP contribution in [-0.2, 0) is 9.53 Å². The second-order valence-electron chi connectivity index (χ2n) is 6.30. The first-order valence-electron chi connectivity index (χ1n) is 7.13. The lowest BCUT2D eigenvalue weighted by atomic mass is 9.84. The van der Waals surface area contributed by atoms with Gasteiger partial charge in [-0.3, -0.25) is 4.79 Å². The Labute approximate surface area is 115 Å². The van der Waals surface area contributed by atoms with Gasteiger partial charge < -0.3 is 20.9 Å². The van der Waals surface area contributed by atoms with Gasteiger partial charge in [0.05, 0.1) is 12.1 Å². The van der Waals surface area contributed by atoms with Crippen LogP contribution in [0.3, 0.4) is 0 Å². The number of aliphatic hydroxyl groups is 1. The third kappa shape index (κ3) is 5.47. The van der Waals surface area contributed by atoms with E-state index in [4.69, 9.17) is 10.5 Å². The highest BCUT2D eigenvalue weighted by atomic mass is 16.5. The van der Waals surface area contributed by atoms with Crippen molar-refractivity contribution >= 4 is 5.91 Å². The van der Waals surface area contributed by atoms with Gasteiger partial charge in [-0.25, -0.2) is 0 Å². The predicted octanol–water partition coefficient (Wildman–Crippen LogP) is 0.799. The predicted molar refractivity (Wildman–Crippen MR) is 74.7 cm³/mol. The second kappa shape index (κ2) is 7.22. The summed E-state index contributed by atoms with van der Waals surface area (Å²) in [6.45, 7) is 6.08. The van der Waals surface area contributed by atoms with Crippen molar-refractivity contribution in [1.82, 2.24) is 5.32 Å². The number of rotatable bonds is 7. The Bertz CT molecular complexity index is 286. The fourth-order valence-electron chi connectivity index (χ4n) is 2.41. The minimum Gasteiger partial charge on any atom is -0.394 e. The molecule has 0 saturated carbocycles. The fraction of sp³-hybridized carbons (Fsp3) is 0.929. The summed E-state index contributed by atoms with van der Waals surface area (Å²) in [5.41, 5.74) is 5.18. The Kier molecular flexibility index (Phi) is 6.23. The number of nitrogens with two attached hydrogens (primary N) is 1. The van der Waals surface area contributed by atoms with Gasteiger partial charge in [0.2, 0.25) is 5.91 Å². The molecule has 0 aliphatic carbocycles. The molecule has 4 N–H and O–H groups in total. The van der Waals surface area contributed by atoms with Gasteiger partial charge in [0.25, 0.3) is 0 Å². The van der Waals surface area contributed by atoms with Crippen LogP contribution in [0.1, 0.15) is 46.0 Å². The van der Waals surface area contributed by atoms with Gasteiger partial charge in [0, 0.05) is 19.6 Å². The van der Waals surface area contributed by atoms with Crippen molar-refractivity contribution in [2.24, 2.45) is 11.1 Å². The highest BCUT2D eigenvalue weighted by molar-refractivity contribution is 5.76. The van der Waals surface area contributed by atoms with Crippen LogP contribution in [0.4, 0.5) is 0 Å². The van der Waals surface area contributed by atoms with Gasteiger partial charge in [0.15, 0.2) is 0 Å². The van der Waals surface area contributed by atoms with Crippen LogP contribution in [0.25, 0.3) is 0 Å². The lowest BCUT2D eigenvalue weighted by molar-refractivity contribution is -0.125. The van der Waals surface area contributed by atoms with E-state index in [9.17, 15) is 9.90 Å². The number of amides is 1. The Morgan fingerprint density at radius 2 is 2.00 bits per heavy atom. The SMILES string of the molecule is CC(C)(CCN)CCC(=O)NC1(CO)CCOCC1. The Morgan fingerprint density at radius 1 is 1.37 bits per heavy atom. The van der Waals surface area contributed by atoms with Crippen LogP contribution < -0.4 is 11.1 Å². The standard InChI is InChI=1S/C14H28N2O3/c1-13(2,5-8-15)4-3-12(18)16-14(11-17)6-9-19-10-7-14/h17H,3-11,15H2,1-2H3,(H,16,18). The Balaban J connectivity index is 2.41. The number of aliphatic hydroxyl groups excluding tert-OH is 1. The first-order valence-corrected chi connectivity index (χ1v) is 7.13. The molecule has 0 aromatic rings. The van der Waals surface area contributed by atoms with E-state index in [2.05, 4.69) is 19.2 Å². The minimum absolute atomic E-state index is 0.0149. The molecule has 19 heavy (non-hydrogen) atoms. The zero-order valence-corrected chi connectivity index (χ0v) is 12.2. The molecular formula is C14H28N2O3. The zero-order valence-electron chi connectivity index (χ0n) is 12.2. The first kappa shape index (κ1) is 16.4. The van der Waals surface area contributed by atoms with E-state index in [0.717, 1.165) is 12.8 Å². The molecule has 0 aromatic carbocycles. The summed E-state index contributed by atoms with van der Waals surface area (Å²) in [7, 11) is 0. The number of hydrogen-bond donors (Lipinski definition) is 3. The molecular weight excluding hydrogens is 244 g/mol. The minimum atomic E-state index is -0.479. The van der Waals surface area contributed by atoms with Gasteiger partial charge in [-0.1, -0.05) is 13.8 Å². The van der Waals surface area contributed by atoms with E-state index in [1.54, 1.807) is 0 Å². The lowest BCUT2D eigenvalue weighted by Crippen LogP contribution is -2.54. The highest BCUT2D eigenvalue weighted by Crippen LogP contribution is 2.26. The molecule has 1 amide bonds. The van der Waals surface area contributed by atoms with Crippen molar-refractivity contribution < 1.29 is 14.6 Å². The molecule has 0 aromatic heterocycles. The van der Waals surface area contributed by atoms with Crippen molar-refractivity contribution in [1.29, 1.82) is 0 Å². The third-order valence-electron chi connectivity index (χ3n) is 4.01. The quantitative estimate of drug-likeness (QED) is 0.640. The summed E-state index contributed by atoms with van der Waals surface area (Å²) in [5, 5.41) is 12.5. The Morgan fingerprint density at radius 3 is 2.53 bits per heavy atom. The first-order chi connectivity index (χ1) is 8.93. The molecule has 112 valence electrons. The molecule has 1 saturated heterocycles. The van der Waals surface area contributed by atoms with E-state index in [-0.39, 0.29) is 17.9 Å². The monoisotopic (exact) mass is 272 g/mol. The number of carbonyl (C=O) groups is 1. The maximum absolute atomic E-state index is 12.0. The molecule has 5 heteroatoms. The highest BCUT2D eigenvalue weighted by Gasteiger charge is 2.33. The molecule has 0 bridgehead atoms. The average Bonchev–Trinajstić information content (AvgIpc) is 2.38. The maximum Gasteiger partial charge on any atom is 0.220 e. The molecule has 0 spiro atoms. The van der Waals surface area contributed by atoms with Crippen molar-refractivity contribution in [3.63, 3.8) is 0 Å². The third-order valence-corrected chi connectivity index (χ3v) is 4.01. The van der Waals surface area contributed by atoms with Gasteiger partial charge in [-0.2, -0.15) is 0 Å². The van der Waals surface area contributed by atoms with Crippen molar-refractivity contribution in [3.8, 4) is 0 Å². The average molecular weight is 272 g/mol. The van der Waals surface area contributed by atoms with Gasteiger partial charge >= 0.3 is 0 Å². The van der Waals surface area contributed by atoms with Gasteiger partial charge in [-0.05, 0) is 37.6 Å². The summed E-state index contributed by atoms with van der Waals surface area (Å²) in [6, 6.07) is 0. The number of nitrogens with one attached hydrogen (secondary N) is 1. The molecule has 0 atom stereocenters. The van der Waals surface area contributed by atoms with E-state index in [0.29, 0.717) is 39.0 Å². The van der Waals surface area contributed by atoms with E-state index in [1.807, 2.05) is 0 Å². The smallest absolute Gasteiger partial charge is 0.220 e. The fourth-order valence-corrected chi connectivity index (χ4v) is 2.41. The molecule has 1 fully saturated rings. The summed E-state index contributed by atoms with van der Waals surface area (Å²) < 4.78 is 5.28. The van der Waals surface area contributed by atoms with E-state index < -0.39 is 5.54 Å². The van der Waals surface area contributed by atoms with E-state index >= 15 is 0 Å². The van der Waals surface area contributed by atoms with Crippen LogP contribution in [0.2, 0.25) is 0 Å². The van der Waals surface area contributed by atoms with E-state index in [1.165, 1.54) is 0 Å². The van der Waals surface area contributed by atoms with Gasteiger partial charge in [0.1, 0.15) is 0 Å². The van der Waals surface area contributed by atoms with Crippen LogP contribution >= 0.6 is 0 Å². The normalized spacial score (nSPS) is 19.2. The summed E-state index contributed by atoms with van der Waals surface area (Å²) >= 11 is 0. The van der Waals surface area contributed by atoms with Crippen LogP contribution in [-0.4, -0.2) is 42.9 Å². The van der Waals surface area contributed by atoms with Crippen LogP contribution in [0.5, 0.6) is 0 Å². The molecule has 0 unspecified atom stereocenters. The molecule has 1 heterocycles. The van der Waals surface area contributed by atoms with Gasteiger partial charge in [-0.15, -0.1) is 0 Å². The summed E-state index contributed by atoms with van der Waals surface area (Å²) in [6.07, 6.45) is 3.58. The molecule has 1 rings (SSSR count). The molecule has 1 aliphatic rings. The second-order valence-corrected chi connectivity index (χ2v) is 6.30. The molecule has 0 radical (unpaired) electrons. The largest absolute Gasteiger partial charge is 0.394 e. The Hall–Kier alpha value is -0.650. The summed E-state index contributed by atoms with van der Waals surface area (Å²) in [4.78, 5) is 12.0. The number of carbonyl (C=O) groups excluding carboxylic acids is 1. The number of hydrogen-bond acceptors (Lipinski definition) is 4. The molecule has 1 aliphatic heterocycles. The van der Waals surface area contributed by atoms with Crippen molar-refractivity contribution in [3.05, 3.63) is 0 Å². The zero-order chi connectivity index (χ0) is 14.4. The summed E-state index contributed by atoms with van der Waals surface area (Å²) in [5.74, 6) is 0.0149. The topological polar surface area (TPSA) is 84.6 Å².